The number of aromatic nitrogens is 1. The summed E-state index contributed by atoms with van der Waals surface area (Å²) in [6.45, 7) is 2.08. The van der Waals surface area contributed by atoms with Crippen LogP contribution >= 0.6 is 0 Å². The van der Waals surface area contributed by atoms with Crippen molar-refractivity contribution in [3.63, 3.8) is 0 Å². The second-order valence-corrected chi connectivity index (χ2v) is 5.25. The lowest BCUT2D eigenvalue weighted by molar-refractivity contribution is 0.0585. The molecule has 0 amide bonds. The Morgan fingerprint density at radius 3 is 2.72 bits per heavy atom. The molecule has 4 nitrogen and oxygen atoms in total. The van der Waals surface area contributed by atoms with E-state index < -0.39 is 5.97 Å². The van der Waals surface area contributed by atoms with Crippen molar-refractivity contribution in [2.45, 2.75) is 18.9 Å². The van der Waals surface area contributed by atoms with Gasteiger partial charge >= 0.3 is 5.97 Å². The van der Waals surface area contributed by atoms with Crippen LogP contribution in [-0.2, 0) is 4.74 Å². The minimum atomic E-state index is -0.464. The maximum atomic E-state index is 13.4. The summed E-state index contributed by atoms with van der Waals surface area (Å²) in [5, 5.41) is 3.38. The number of hydrogen-bond donors (Lipinski definition) is 1. The van der Waals surface area contributed by atoms with Crippen molar-refractivity contribution in [1.29, 1.82) is 0 Å². The van der Waals surface area contributed by atoms with E-state index in [4.69, 9.17) is 4.74 Å². The summed E-state index contributed by atoms with van der Waals surface area (Å²) in [6, 6.07) is 1.48. The van der Waals surface area contributed by atoms with Gasteiger partial charge in [-0.3, -0.25) is 0 Å². The maximum Gasteiger partial charge on any atom is 0.354 e. The third kappa shape index (κ3) is 1.82. The lowest BCUT2D eigenvalue weighted by Crippen LogP contribution is -2.17. The molecule has 0 radical (unpaired) electrons. The molecule has 1 aliphatic heterocycles. The van der Waals surface area contributed by atoms with Crippen LogP contribution in [0.3, 0.4) is 0 Å². The summed E-state index contributed by atoms with van der Waals surface area (Å²) >= 11 is 0. The van der Waals surface area contributed by atoms with E-state index in [2.05, 4.69) is 5.32 Å². The van der Waals surface area contributed by atoms with Gasteiger partial charge in [-0.25, -0.2) is 9.18 Å². The summed E-state index contributed by atoms with van der Waals surface area (Å²) in [7, 11) is 1.32. The number of fused-ring (bicyclic) bond motifs is 1. The highest BCUT2D eigenvalue weighted by Crippen LogP contribution is 2.42. The molecule has 5 heteroatoms. The number of nitrogens with zero attached hydrogens (tertiary/aromatic N) is 1. The van der Waals surface area contributed by atoms with Gasteiger partial charge in [0.2, 0.25) is 0 Å². The van der Waals surface area contributed by atoms with Crippen LogP contribution in [0.5, 0.6) is 0 Å². The van der Waals surface area contributed by atoms with E-state index in [9.17, 15) is 9.18 Å². The number of methoxy groups -OCH3 is 1. The van der Waals surface area contributed by atoms with Crippen molar-refractivity contribution in [3.8, 4) is 0 Å². The lowest BCUT2D eigenvalue weighted by Gasteiger charge is -2.16. The second kappa shape index (κ2) is 4.39. The second-order valence-electron chi connectivity index (χ2n) is 5.25. The molecule has 1 saturated heterocycles. The molecular formula is C13H17FN2O2. The van der Waals surface area contributed by atoms with Crippen molar-refractivity contribution in [3.05, 3.63) is 23.8 Å². The summed E-state index contributed by atoms with van der Waals surface area (Å²) in [4.78, 5) is 11.6. The first-order valence-corrected chi connectivity index (χ1v) is 6.35. The zero-order valence-corrected chi connectivity index (χ0v) is 10.4. The van der Waals surface area contributed by atoms with Crippen molar-refractivity contribution in [1.82, 2.24) is 9.88 Å². The van der Waals surface area contributed by atoms with E-state index in [1.165, 1.54) is 19.4 Å². The SMILES string of the molecule is COC(=O)c1cc(F)cn1C1C[C@H]2CNC[C@H]2C1. The number of halogens is 1. The Labute approximate surface area is 105 Å². The molecule has 2 heterocycles. The Hall–Kier alpha value is -1.36. The fourth-order valence-electron chi connectivity index (χ4n) is 3.38. The van der Waals surface area contributed by atoms with Gasteiger partial charge in [0.15, 0.2) is 0 Å². The van der Waals surface area contributed by atoms with Gasteiger partial charge in [-0.05, 0) is 37.8 Å². The number of ether oxygens (including phenoxy) is 1. The standard InChI is InChI=1S/C13H17FN2O2/c1-18-13(17)12-4-10(14)7-16(12)11-2-8-5-15-6-9(8)3-11/h4,7-9,11,15H,2-3,5-6H2,1H3/t8-,9+,11?. The minimum absolute atomic E-state index is 0.223. The number of carbonyl (C=O) groups excluding carboxylic acids is 1. The quantitative estimate of drug-likeness (QED) is 0.813. The van der Waals surface area contributed by atoms with Crippen molar-refractivity contribution in [2.24, 2.45) is 11.8 Å². The minimum Gasteiger partial charge on any atom is -0.464 e. The van der Waals surface area contributed by atoms with Crippen LogP contribution in [0.25, 0.3) is 0 Å². The molecular weight excluding hydrogens is 235 g/mol. The first-order chi connectivity index (χ1) is 8.69. The monoisotopic (exact) mass is 252 g/mol. The highest BCUT2D eigenvalue weighted by Gasteiger charge is 2.39. The van der Waals surface area contributed by atoms with E-state index in [-0.39, 0.29) is 11.9 Å². The van der Waals surface area contributed by atoms with Crippen LogP contribution in [0.4, 0.5) is 4.39 Å². The number of carbonyl (C=O) groups is 1. The lowest BCUT2D eigenvalue weighted by atomic mass is 10.0. The van der Waals surface area contributed by atoms with Crippen LogP contribution in [0.15, 0.2) is 12.3 Å². The van der Waals surface area contributed by atoms with Gasteiger partial charge in [-0.2, -0.15) is 0 Å². The summed E-state index contributed by atoms with van der Waals surface area (Å²) < 4.78 is 19.9. The Morgan fingerprint density at radius 2 is 2.11 bits per heavy atom. The molecule has 98 valence electrons. The smallest absolute Gasteiger partial charge is 0.354 e. The number of esters is 1. The largest absolute Gasteiger partial charge is 0.464 e. The predicted molar refractivity (Wildman–Crippen MR) is 63.9 cm³/mol. The first kappa shape index (κ1) is 11.7. The molecule has 1 aromatic rings. The number of rotatable bonds is 2. The van der Waals surface area contributed by atoms with E-state index in [0.717, 1.165) is 25.9 Å². The Kier molecular flexibility index (Phi) is 2.86. The molecule has 18 heavy (non-hydrogen) atoms. The van der Waals surface area contributed by atoms with Gasteiger partial charge in [-0.15, -0.1) is 0 Å². The fourth-order valence-corrected chi connectivity index (χ4v) is 3.38. The van der Waals surface area contributed by atoms with Crippen LogP contribution < -0.4 is 5.32 Å². The van der Waals surface area contributed by atoms with Crippen molar-refractivity contribution in [2.75, 3.05) is 20.2 Å². The van der Waals surface area contributed by atoms with Gasteiger partial charge in [0.25, 0.3) is 0 Å². The van der Waals surface area contributed by atoms with E-state index >= 15 is 0 Å². The Bertz CT molecular complexity index is 460. The molecule has 1 saturated carbocycles. The molecule has 3 atom stereocenters. The predicted octanol–water partition coefficient (Wildman–Crippen LogP) is 1.58. The third-order valence-corrected chi connectivity index (χ3v) is 4.23. The molecule has 0 aromatic carbocycles. The Balaban J connectivity index is 1.86. The van der Waals surface area contributed by atoms with Crippen molar-refractivity contribution < 1.29 is 13.9 Å². The summed E-state index contributed by atoms with van der Waals surface area (Å²) in [5.41, 5.74) is 0.327. The van der Waals surface area contributed by atoms with Crippen LogP contribution in [0.1, 0.15) is 29.4 Å². The molecule has 0 spiro atoms. The average molecular weight is 252 g/mol. The molecule has 1 aliphatic carbocycles. The molecule has 3 rings (SSSR count). The van der Waals surface area contributed by atoms with Crippen molar-refractivity contribution >= 4 is 5.97 Å². The molecule has 0 bridgehead atoms. The van der Waals surface area contributed by atoms with Gasteiger partial charge in [0.1, 0.15) is 11.5 Å². The van der Waals surface area contributed by atoms with E-state index in [1.54, 1.807) is 4.57 Å². The van der Waals surface area contributed by atoms with E-state index in [1.807, 2.05) is 0 Å². The fraction of sp³-hybridized carbons (Fsp3) is 0.615. The van der Waals surface area contributed by atoms with E-state index in [0.29, 0.717) is 17.5 Å². The summed E-state index contributed by atoms with van der Waals surface area (Å²) in [5.74, 6) is 0.483. The molecule has 1 unspecified atom stereocenters. The topological polar surface area (TPSA) is 43.3 Å². The zero-order chi connectivity index (χ0) is 12.7. The van der Waals surface area contributed by atoms with Gasteiger partial charge in [0, 0.05) is 18.3 Å². The first-order valence-electron chi connectivity index (χ1n) is 6.35. The van der Waals surface area contributed by atoms with Gasteiger partial charge in [0.05, 0.1) is 7.11 Å². The molecule has 2 fully saturated rings. The molecule has 1 N–H and O–H groups in total. The number of nitrogens with one attached hydrogen (secondary N) is 1. The average Bonchev–Trinajstić information content (AvgIpc) is 2.99. The highest BCUT2D eigenvalue weighted by molar-refractivity contribution is 5.87. The normalized spacial score (nSPS) is 30.4. The highest BCUT2D eigenvalue weighted by atomic mass is 19.1. The van der Waals surface area contributed by atoms with Crippen LogP contribution in [-0.4, -0.2) is 30.7 Å². The number of hydrogen-bond acceptors (Lipinski definition) is 3. The van der Waals surface area contributed by atoms with Gasteiger partial charge < -0.3 is 14.6 Å². The Morgan fingerprint density at radius 1 is 1.44 bits per heavy atom. The maximum absolute atomic E-state index is 13.4. The summed E-state index contributed by atoms with van der Waals surface area (Å²) in [6.07, 6.45) is 3.44. The third-order valence-electron chi connectivity index (χ3n) is 4.23. The van der Waals surface area contributed by atoms with Crippen LogP contribution in [0.2, 0.25) is 0 Å². The molecule has 1 aromatic heterocycles. The van der Waals surface area contributed by atoms with Gasteiger partial charge in [-0.1, -0.05) is 0 Å². The molecule has 2 aliphatic rings. The van der Waals surface area contributed by atoms with Crippen LogP contribution in [0, 0.1) is 17.7 Å². The zero-order valence-electron chi connectivity index (χ0n) is 10.4.